The Morgan fingerprint density at radius 3 is 2.33 bits per heavy atom. The molecule has 0 aliphatic carbocycles. The van der Waals surface area contributed by atoms with Gasteiger partial charge in [0.1, 0.15) is 5.78 Å². The van der Waals surface area contributed by atoms with Crippen molar-refractivity contribution in [1.82, 2.24) is 4.90 Å². The maximum Gasteiger partial charge on any atom is 0.253 e. The topological polar surface area (TPSA) is 54.5 Å². The number of carbonyl (C=O) groups excluding carboxylic acids is 3. The lowest BCUT2D eigenvalue weighted by Gasteiger charge is -2.11. The summed E-state index contributed by atoms with van der Waals surface area (Å²) in [6.45, 7) is 1.62. The lowest BCUT2D eigenvalue weighted by Crippen LogP contribution is -2.31. The van der Waals surface area contributed by atoms with Crippen LogP contribution in [-0.4, -0.2) is 29.0 Å². The monoisotopic (exact) mass is 169 g/mol. The van der Waals surface area contributed by atoms with Crippen molar-refractivity contribution in [3.8, 4) is 0 Å². The van der Waals surface area contributed by atoms with Gasteiger partial charge in [0, 0.05) is 26.5 Å². The minimum absolute atomic E-state index is 0. The Morgan fingerprint density at radius 2 is 1.92 bits per heavy atom. The summed E-state index contributed by atoms with van der Waals surface area (Å²) in [7, 11) is 0. The van der Waals surface area contributed by atoms with Crippen molar-refractivity contribution in [3.63, 3.8) is 0 Å². The third kappa shape index (κ3) is 1.78. The van der Waals surface area contributed by atoms with Gasteiger partial charge in [0.25, 0.3) is 11.8 Å². The first kappa shape index (κ1) is 8.64. The van der Waals surface area contributed by atoms with E-state index in [1.807, 2.05) is 0 Å². The molecule has 2 amide bonds. The molecule has 1 aliphatic heterocycles. The molecule has 0 radical (unpaired) electrons. The highest BCUT2D eigenvalue weighted by Gasteiger charge is 2.22. The molecule has 66 valence electrons. The van der Waals surface area contributed by atoms with Crippen LogP contribution in [0.1, 0.15) is 14.8 Å². The average Bonchev–Trinajstić information content (AvgIpc) is 2.28. The smallest absolute Gasteiger partial charge is 0.253 e. The fourth-order valence-electron chi connectivity index (χ4n) is 0.921. The van der Waals surface area contributed by atoms with Gasteiger partial charge in [-0.2, -0.15) is 0 Å². The zero-order valence-corrected chi connectivity index (χ0v) is 6.74. The summed E-state index contributed by atoms with van der Waals surface area (Å²) in [5.41, 5.74) is 0. The summed E-state index contributed by atoms with van der Waals surface area (Å²) in [5, 5.41) is 0. The third-order valence-corrected chi connectivity index (χ3v) is 1.59. The summed E-state index contributed by atoms with van der Waals surface area (Å²) in [6.07, 6.45) is 2.66. The molecule has 0 fully saturated rings. The van der Waals surface area contributed by atoms with E-state index in [-0.39, 0.29) is 32.0 Å². The summed E-state index contributed by atoms with van der Waals surface area (Å²) < 4.78 is 0. The van der Waals surface area contributed by atoms with Crippen LogP contribution in [0.15, 0.2) is 12.2 Å². The summed E-state index contributed by atoms with van der Waals surface area (Å²) in [4.78, 5) is 33.4. The number of ketones is 1. The first-order chi connectivity index (χ1) is 5.61. The van der Waals surface area contributed by atoms with E-state index in [9.17, 15) is 14.4 Å². The van der Waals surface area contributed by atoms with Gasteiger partial charge in [0.2, 0.25) is 0 Å². The molecule has 0 aromatic heterocycles. The minimum atomic E-state index is -0.332. The Kier molecular flexibility index (Phi) is 2.38. The van der Waals surface area contributed by atoms with E-state index >= 15 is 0 Å². The number of imide groups is 1. The molecule has 1 heterocycles. The van der Waals surface area contributed by atoms with Gasteiger partial charge in [0.15, 0.2) is 0 Å². The molecule has 4 heteroatoms. The molecule has 0 atom stereocenters. The Bertz CT molecular complexity index is 255. The van der Waals surface area contributed by atoms with Gasteiger partial charge >= 0.3 is 0 Å². The van der Waals surface area contributed by atoms with Gasteiger partial charge in [-0.25, -0.2) is 0 Å². The highest BCUT2D eigenvalue weighted by molar-refractivity contribution is 6.13. The quantitative estimate of drug-likeness (QED) is 0.564. The zero-order valence-electron chi connectivity index (χ0n) is 6.74. The Morgan fingerprint density at radius 1 is 1.42 bits per heavy atom. The van der Waals surface area contributed by atoms with Crippen molar-refractivity contribution >= 4 is 17.6 Å². The van der Waals surface area contributed by atoms with Crippen molar-refractivity contribution in [2.75, 3.05) is 6.54 Å². The Balaban J connectivity index is 0.00000144. The van der Waals surface area contributed by atoms with E-state index in [1.54, 1.807) is 0 Å². The van der Waals surface area contributed by atoms with Crippen LogP contribution in [0.3, 0.4) is 0 Å². The van der Waals surface area contributed by atoms with Crippen LogP contribution in [0.25, 0.3) is 0 Å². The molecule has 0 aromatic rings. The van der Waals surface area contributed by atoms with Gasteiger partial charge in [-0.15, -0.1) is 0 Å². The number of rotatable bonds is 3. The van der Waals surface area contributed by atoms with Crippen LogP contribution in [0.2, 0.25) is 0 Å². The lowest BCUT2D eigenvalue weighted by atomic mass is 10.3. The van der Waals surface area contributed by atoms with Crippen molar-refractivity contribution < 1.29 is 15.8 Å². The summed E-state index contributed by atoms with van der Waals surface area (Å²) in [5.74, 6) is -0.690. The van der Waals surface area contributed by atoms with Crippen molar-refractivity contribution in [2.24, 2.45) is 0 Å². The van der Waals surface area contributed by atoms with E-state index in [1.165, 1.54) is 19.1 Å². The maximum atomic E-state index is 10.9. The van der Waals surface area contributed by atoms with Gasteiger partial charge in [-0.1, -0.05) is 0 Å². The number of Topliss-reactive ketones (excluding diaryl/α,β-unsaturated/α-hetero) is 1. The second-order valence-corrected chi connectivity index (χ2v) is 2.61. The van der Waals surface area contributed by atoms with Crippen LogP contribution in [0, 0.1) is 0 Å². The van der Waals surface area contributed by atoms with Gasteiger partial charge < -0.3 is 0 Å². The van der Waals surface area contributed by atoms with Crippen LogP contribution < -0.4 is 0 Å². The van der Waals surface area contributed by atoms with Crippen molar-refractivity contribution in [1.29, 1.82) is 0 Å². The van der Waals surface area contributed by atoms with Gasteiger partial charge in [-0.05, 0) is 6.92 Å². The van der Waals surface area contributed by atoms with Gasteiger partial charge in [-0.3, -0.25) is 19.3 Å². The first-order valence-corrected chi connectivity index (χ1v) is 3.64. The highest BCUT2D eigenvalue weighted by atomic mass is 16.2. The lowest BCUT2D eigenvalue weighted by molar-refractivity contribution is -0.137. The molecular weight excluding hydrogens is 158 g/mol. The van der Waals surface area contributed by atoms with Crippen LogP contribution in [0.5, 0.6) is 0 Å². The fourth-order valence-corrected chi connectivity index (χ4v) is 0.921. The average molecular weight is 169 g/mol. The molecule has 0 unspecified atom stereocenters. The van der Waals surface area contributed by atoms with E-state index < -0.39 is 0 Å². The second kappa shape index (κ2) is 3.30. The maximum absolute atomic E-state index is 10.9. The molecule has 12 heavy (non-hydrogen) atoms. The number of hydrogen-bond donors (Lipinski definition) is 0. The number of hydrogen-bond acceptors (Lipinski definition) is 3. The molecule has 0 bridgehead atoms. The Labute approximate surface area is 71.3 Å². The third-order valence-electron chi connectivity index (χ3n) is 1.59. The molecule has 1 rings (SSSR count). The van der Waals surface area contributed by atoms with Crippen LogP contribution in [-0.2, 0) is 14.4 Å². The predicted molar refractivity (Wildman–Crippen MR) is 43.3 cm³/mol. The van der Waals surface area contributed by atoms with E-state index in [2.05, 4.69) is 0 Å². The molecule has 0 spiro atoms. The van der Waals surface area contributed by atoms with Crippen LogP contribution >= 0.6 is 0 Å². The van der Waals surface area contributed by atoms with E-state index in [4.69, 9.17) is 0 Å². The summed E-state index contributed by atoms with van der Waals surface area (Å²) >= 11 is 0. The molecule has 0 saturated carbocycles. The van der Waals surface area contributed by atoms with Crippen molar-refractivity contribution in [2.45, 2.75) is 13.3 Å². The SMILES string of the molecule is CC(=O)CCN1C(=O)C=CC1=O.[HH]. The standard InChI is InChI=1S/C8H9NO3.H2/c1-6(10)4-5-9-7(11)2-3-8(9)12;/h2-3H,4-5H2,1H3;1H. The highest BCUT2D eigenvalue weighted by Crippen LogP contribution is 2.03. The predicted octanol–water partition coefficient (Wildman–Crippen LogP) is 0.137. The van der Waals surface area contributed by atoms with Crippen LogP contribution in [0.4, 0.5) is 0 Å². The molecule has 4 nitrogen and oxygen atoms in total. The molecule has 0 saturated heterocycles. The fraction of sp³-hybridized carbons (Fsp3) is 0.375. The number of amides is 2. The molecule has 0 N–H and O–H groups in total. The minimum Gasteiger partial charge on any atom is -0.300 e. The van der Waals surface area contributed by atoms with Gasteiger partial charge in [0.05, 0.1) is 0 Å². The summed E-state index contributed by atoms with van der Waals surface area (Å²) in [6, 6.07) is 0. The second-order valence-electron chi connectivity index (χ2n) is 2.61. The molecule has 1 aliphatic rings. The Hall–Kier alpha value is -1.45. The normalized spacial score (nSPS) is 15.9. The number of nitrogens with zero attached hydrogens (tertiary/aromatic N) is 1. The zero-order chi connectivity index (χ0) is 9.14. The van der Waals surface area contributed by atoms with E-state index in [0.29, 0.717) is 0 Å². The molecule has 0 aromatic carbocycles. The van der Waals surface area contributed by atoms with E-state index in [0.717, 1.165) is 4.90 Å². The largest absolute Gasteiger partial charge is 0.300 e. The first-order valence-electron chi connectivity index (χ1n) is 3.64. The number of carbonyl (C=O) groups is 3. The van der Waals surface area contributed by atoms with Crippen molar-refractivity contribution in [3.05, 3.63) is 12.2 Å². The molecular formula is C8H11NO3.